The van der Waals surface area contributed by atoms with Gasteiger partial charge in [0.2, 0.25) is 0 Å². The summed E-state index contributed by atoms with van der Waals surface area (Å²) in [5.74, 6) is 1.06. The molecule has 0 aliphatic rings. The maximum Gasteiger partial charge on any atom is 0.315 e. The number of carbonyl (C=O) groups excluding carboxylic acids is 1. The summed E-state index contributed by atoms with van der Waals surface area (Å²) in [6, 6.07) is 14.9. The van der Waals surface area contributed by atoms with Gasteiger partial charge < -0.3 is 19.8 Å². The second-order valence-corrected chi connectivity index (χ2v) is 7.27. The lowest BCUT2D eigenvalue weighted by atomic mass is 10.2. The van der Waals surface area contributed by atoms with E-state index in [9.17, 15) is 9.18 Å². The number of furan rings is 1. The van der Waals surface area contributed by atoms with Crippen LogP contribution in [0.4, 0.5) is 9.18 Å². The Morgan fingerprint density at radius 2 is 2.00 bits per heavy atom. The molecule has 0 bridgehead atoms. The predicted molar refractivity (Wildman–Crippen MR) is 115 cm³/mol. The molecule has 2 amide bonds. The van der Waals surface area contributed by atoms with Crippen molar-refractivity contribution in [1.29, 1.82) is 0 Å². The molecule has 0 saturated heterocycles. The zero-order valence-corrected chi connectivity index (χ0v) is 17.2. The van der Waals surface area contributed by atoms with Crippen molar-refractivity contribution in [1.82, 2.24) is 20.4 Å². The number of benzene rings is 2. The molecular formula is C23H23FN4O3. The first kappa shape index (κ1) is 20.5. The molecule has 2 atom stereocenters. The van der Waals surface area contributed by atoms with E-state index in [0.29, 0.717) is 18.1 Å². The highest BCUT2D eigenvalue weighted by Crippen LogP contribution is 2.24. The van der Waals surface area contributed by atoms with E-state index in [-0.39, 0.29) is 24.0 Å². The van der Waals surface area contributed by atoms with E-state index in [1.807, 2.05) is 32.0 Å². The third-order valence-corrected chi connectivity index (χ3v) is 5.00. The van der Waals surface area contributed by atoms with E-state index < -0.39 is 0 Å². The van der Waals surface area contributed by atoms with Crippen LogP contribution < -0.4 is 15.4 Å². The molecule has 8 heteroatoms. The van der Waals surface area contributed by atoms with E-state index in [0.717, 1.165) is 16.6 Å². The number of nitrogens with zero attached hydrogens (tertiary/aromatic N) is 2. The molecule has 0 aliphatic heterocycles. The highest BCUT2D eigenvalue weighted by atomic mass is 19.1. The van der Waals surface area contributed by atoms with Crippen molar-refractivity contribution in [3.63, 3.8) is 0 Å². The second kappa shape index (κ2) is 8.91. The third-order valence-electron chi connectivity index (χ3n) is 5.00. The number of urea groups is 1. The van der Waals surface area contributed by atoms with Crippen molar-refractivity contribution in [2.75, 3.05) is 0 Å². The van der Waals surface area contributed by atoms with Crippen LogP contribution in [0.25, 0.3) is 16.6 Å². The minimum atomic E-state index is -0.296. The summed E-state index contributed by atoms with van der Waals surface area (Å²) < 4.78 is 26.1. The SMILES string of the molecule is C[C@H](NC(=O)NCc1ccco1)[C@@H](C)Oc1ccc2c(cnn2-c2ccc(F)cc2)c1. The summed E-state index contributed by atoms with van der Waals surface area (Å²) in [6.07, 6.45) is 3.03. The van der Waals surface area contributed by atoms with Crippen LogP contribution in [0, 0.1) is 5.82 Å². The Bertz CT molecular complexity index is 1160. The Hall–Kier alpha value is -3.81. The molecule has 2 aromatic carbocycles. The van der Waals surface area contributed by atoms with Crippen molar-refractivity contribution < 1.29 is 18.3 Å². The molecular weight excluding hydrogens is 399 g/mol. The smallest absolute Gasteiger partial charge is 0.315 e. The topological polar surface area (TPSA) is 81.3 Å². The molecule has 0 aliphatic carbocycles. The lowest BCUT2D eigenvalue weighted by Crippen LogP contribution is -2.46. The van der Waals surface area contributed by atoms with Gasteiger partial charge in [0.1, 0.15) is 23.4 Å². The zero-order chi connectivity index (χ0) is 21.8. The molecule has 2 heterocycles. The Labute approximate surface area is 178 Å². The van der Waals surface area contributed by atoms with E-state index >= 15 is 0 Å². The van der Waals surface area contributed by atoms with E-state index in [1.54, 1.807) is 41.4 Å². The number of halogens is 1. The van der Waals surface area contributed by atoms with Crippen LogP contribution in [0.3, 0.4) is 0 Å². The van der Waals surface area contributed by atoms with Crippen LogP contribution in [-0.4, -0.2) is 28.0 Å². The first-order valence-electron chi connectivity index (χ1n) is 9.97. The highest BCUT2D eigenvalue weighted by molar-refractivity contribution is 5.81. The number of nitrogens with one attached hydrogen (secondary N) is 2. The average molecular weight is 422 g/mol. The van der Waals surface area contributed by atoms with Crippen molar-refractivity contribution >= 4 is 16.9 Å². The molecule has 31 heavy (non-hydrogen) atoms. The number of carbonyl (C=O) groups is 1. The quantitative estimate of drug-likeness (QED) is 0.462. The molecule has 4 aromatic rings. The molecule has 4 rings (SSSR count). The number of fused-ring (bicyclic) bond motifs is 1. The summed E-state index contributed by atoms with van der Waals surface area (Å²) in [7, 11) is 0. The maximum absolute atomic E-state index is 13.2. The molecule has 0 spiro atoms. The lowest BCUT2D eigenvalue weighted by molar-refractivity contribution is 0.175. The van der Waals surface area contributed by atoms with Gasteiger partial charge in [-0.05, 0) is 68.4 Å². The van der Waals surface area contributed by atoms with Crippen LogP contribution in [0.2, 0.25) is 0 Å². The number of hydrogen-bond donors (Lipinski definition) is 2. The molecule has 0 saturated carbocycles. The minimum Gasteiger partial charge on any atom is -0.489 e. The Balaban J connectivity index is 1.37. The van der Waals surface area contributed by atoms with Gasteiger partial charge in [-0.3, -0.25) is 0 Å². The number of amides is 2. The van der Waals surface area contributed by atoms with Gasteiger partial charge in [0.15, 0.2) is 0 Å². The maximum atomic E-state index is 13.2. The Morgan fingerprint density at radius 1 is 1.19 bits per heavy atom. The lowest BCUT2D eigenvalue weighted by Gasteiger charge is -2.22. The van der Waals surface area contributed by atoms with Crippen molar-refractivity contribution in [3.8, 4) is 11.4 Å². The number of aromatic nitrogens is 2. The molecule has 160 valence electrons. The first-order valence-corrected chi connectivity index (χ1v) is 9.97. The monoisotopic (exact) mass is 422 g/mol. The Morgan fingerprint density at radius 3 is 2.74 bits per heavy atom. The van der Waals surface area contributed by atoms with Gasteiger partial charge in [-0.25, -0.2) is 13.9 Å². The largest absolute Gasteiger partial charge is 0.489 e. The van der Waals surface area contributed by atoms with Gasteiger partial charge in [0.25, 0.3) is 0 Å². The number of rotatable bonds is 7. The fourth-order valence-electron chi connectivity index (χ4n) is 3.14. The summed E-state index contributed by atoms with van der Waals surface area (Å²) in [6.45, 7) is 4.08. The molecule has 2 aromatic heterocycles. The summed E-state index contributed by atoms with van der Waals surface area (Å²) in [5.41, 5.74) is 1.66. The van der Waals surface area contributed by atoms with Crippen LogP contribution in [0.1, 0.15) is 19.6 Å². The van der Waals surface area contributed by atoms with Crippen molar-refractivity contribution in [3.05, 3.63) is 78.6 Å². The molecule has 0 fully saturated rings. The number of hydrogen-bond acceptors (Lipinski definition) is 4. The Kier molecular flexibility index (Phi) is 5.88. The van der Waals surface area contributed by atoms with Crippen LogP contribution in [-0.2, 0) is 6.54 Å². The molecule has 7 nitrogen and oxygen atoms in total. The van der Waals surface area contributed by atoms with Crippen LogP contribution >= 0.6 is 0 Å². The van der Waals surface area contributed by atoms with Gasteiger partial charge in [-0.15, -0.1) is 0 Å². The van der Waals surface area contributed by atoms with Gasteiger partial charge in [-0.1, -0.05) is 0 Å². The fraction of sp³-hybridized carbons (Fsp3) is 0.217. The summed E-state index contributed by atoms with van der Waals surface area (Å²) >= 11 is 0. The van der Waals surface area contributed by atoms with E-state index in [4.69, 9.17) is 9.15 Å². The first-order chi connectivity index (χ1) is 15.0. The van der Waals surface area contributed by atoms with E-state index in [2.05, 4.69) is 15.7 Å². The van der Waals surface area contributed by atoms with Gasteiger partial charge in [0, 0.05) is 5.39 Å². The van der Waals surface area contributed by atoms with Crippen molar-refractivity contribution in [2.24, 2.45) is 0 Å². The van der Waals surface area contributed by atoms with E-state index in [1.165, 1.54) is 12.1 Å². The third kappa shape index (κ3) is 4.85. The molecule has 0 radical (unpaired) electrons. The van der Waals surface area contributed by atoms with Gasteiger partial charge in [-0.2, -0.15) is 5.10 Å². The predicted octanol–water partition coefficient (Wildman–Crippen LogP) is 4.41. The van der Waals surface area contributed by atoms with Crippen LogP contribution in [0.5, 0.6) is 5.75 Å². The molecule has 2 N–H and O–H groups in total. The summed E-state index contributed by atoms with van der Waals surface area (Å²) in [5, 5.41) is 10.9. The zero-order valence-electron chi connectivity index (χ0n) is 17.2. The molecule has 0 unspecified atom stereocenters. The number of ether oxygens (including phenoxy) is 1. The fourth-order valence-corrected chi connectivity index (χ4v) is 3.14. The second-order valence-electron chi connectivity index (χ2n) is 7.27. The minimum absolute atomic E-state index is 0.228. The highest BCUT2D eigenvalue weighted by Gasteiger charge is 2.17. The normalized spacial score (nSPS) is 13.0. The van der Waals surface area contributed by atoms with Gasteiger partial charge >= 0.3 is 6.03 Å². The average Bonchev–Trinajstić information content (AvgIpc) is 3.42. The summed E-state index contributed by atoms with van der Waals surface area (Å²) in [4.78, 5) is 12.1. The standard InChI is InChI=1S/C23H23FN4O3/c1-15(27-23(29)25-14-21-4-3-11-30-21)16(2)31-20-9-10-22-17(12-20)13-26-28(22)19-7-5-18(24)6-8-19/h3-13,15-16H,14H2,1-2H3,(H2,25,27,29)/t15-,16+/m0/s1. The van der Waals surface area contributed by atoms with Gasteiger partial charge in [0.05, 0.1) is 36.3 Å². The van der Waals surface area contributed by atoms with Crippen LogP contribution in [0.15, 0.2) is 71.5 Å². The van der Waals surface area contributed by atoms with Crippen molar-refractivity contribution in [2.45, 2.75) is 32.5 Å².